The molecule has 2 aromatic carbocycles. The van der Waals surface area contributed by atoms with E-state index >= 15 is 0 Å². The fourth-order valence-corrected chi connectivity index (χ4v) is 2.71. The molecular weight excluding hydrogens is 542 g/mol. The normalized spacial score (nSPS) is 12.8. The first-order valence-electron chi connectivity index (χ1n) is 7.65. The Labute approximate surface area is 181 Å². The average Bonchev–Trinajstić information content (AvgIpc) is 2.69. The van der Waals surface area contributed by atoms with E-state index in [1.807, 2.05) is 0 Å². The Morgan fingerprint density at radius 1 is 0.647 bits per heavy atom. The number of halogens is 15. The van der Waals surface area contributed by atoms with E-state index in [-0.39, 0.29) is 0 Å². The highest BCUT2D eigenvalue weighted by atomic mass is 35.5. The molecule has 0 saturated heterocycles. The minimum absolute atomic E-state index is 2.42. The molecule has 0 aliphatic heterocycles. The van der Waals surface area contributed by atoms with E-state index in [0.717, 1.165) is 0 Å². The zero-order valence-electron chi connectivity index (χ0n) is 14.9. The molecule has 0 unspecified atom stereocenters. The van der Waals surface area contributed by atoms with Gasteiger partial charge in [-0.25, -0.2) is 26.3 Å². The fourth-order valence-electron chi connectivity index (χ4n) is 2.40. The van der Waals surface area contributed by atoms with Gasteiger partial charge in [-0.2, -0.15) is 35.1 Å². The lowest BCUT2D eigenvalue weighted by atomic mass is 9.96. The van der Waals surface area contributed by atoms with E-state index in [1.54, 1.807) is 0 Å². The van der Waals surface area contributed by atoms with Crippen LogP contribution >= 0.6 is 11.6 Å². The maximum Gasteiger partial charge on any atom is 0.470 e. The molecule has 34 heavy (non-hydrogen) atoms. The summed E-state index contributed by atoms with van der Waals surface area (Å²) >= 11 is 5.17. The minimum Gasteiger partial charge on any atom is -0.545 e. The number of ether oxygens (including phenoxy) is 1. The summed E-state index contributed by atoms with van der Waals surface area (Å²) in [6.45, 7) is 0. The largest absolute Gasteiger partial charge is 0.545 e. The van der Waals surface area contributed by atoms with Gasteiger partial charge in [0, 0.05) is 11.1 Å². The summed E-state index contributed by atoms with van der Waals surface area (Å²) < 4.78 is 190. The molecule has 0 spiro atoms. The molecule has 0 aliphatic rings. The molecule has 0 amide bonds. The van der Waals surface area contributed by atoms with E-state index in [9.17, 15) is 71.4 Å². The van der Waals surface area contributed by atoms with Gasteiger partial charge in [0.05, 0.1) is 16.6 Å². The molecule has 0 atom stereocenters. The van der Waals surface area contributed by atoms with E-state index in [1.165, 1.54) is 0 Å². The third-order valence-corrected chi connectivity index (χ3v) is 4.28. The summed E-state index contributed by atoms with van der Waals surface area (Å²) in [7, 11) is 0. The third kappa shape index (κ3) is 3.94. The monoisotopic (exact) mass is 541 g/mol. The fraction of sp³-hybridized carbons (Fsp3) is 0.188. The van der Waals surface area contributed by atoms with Gasteiger partial charge in [0.15, 0.2) is 34.8 Å². The lowest BCUT2D eigenvalue weighted by Gasteiger charge is -2.31. The highest BCUT2D eigenvalue weighted by molar-refractivity contribution is 6.35. The molecule has 0 aliphatic carbocycles. The number of aromatic carboxylic acids is 1. The number of rotatable bonds is 4. The highest BCUT2D eigenvalue weighted by Crippen LogP contribution is 2.51. The van der Waals surface area contributed by atoms with Gasteiger partial charge in [-0.05, 0) is 0 Å². The predicted molar refractivity (Wildman–Crippen MR) is 77.5 cm³/mol. The molecule has 188 valence electrons. The minimum atomic E-state index is -7.12. The summed E-state index contributed by atoms with van der Waals surface area (Å²) in [5.74, 6) is -34.0. The number of alkyl halides is 7. The summed E-state index contributed by atoms with van der Waals surface area (Å²) in [6, 6.07) is 0. The second-order valence-electron chi connectivity index (χ2n) is 5.95. The van der Waals surface area contributed by atoms with E-state index < -0.39 is 92.4 Å². The first kappa shape index (κ1) is 27.3. The Balaban J connectivity index is 3.11. The van der Waals surface area contributed by atoms with Crippen molar-refractivity contribution in [3.8, 4) is 16.9 Å². The maximum atomic E-state index is 14.2. The number of carboxylic acids is 1. The summed E-state index contributed by atoms with van der Waals surface area (Å²) in [5.41, 5.74) is -7.51. The molecule has 0 N–H and O–H groups in total. The highest BCUT2D eigenvalue weighted by Gasteiger charge is 2.76. The van der Waals surface area contributed by atoms with Crippen molar-refractivity contribution in [2.24, 2.45) is 0 Å². The molecular formula is C16ClF14O3-. The van der Waals surface area contributed by atoms with Crippen molar-refractivity contribution in [3.63, 3.8) is 0 Å². The van der Waals surface area contributed by atoms with Crippen LogP contribution in [0.25, 0.3) is 11.1 Å². The van der Waals surface area contributed by atoms with Crippen LogP contribution in [0.5, 0.6) is 5.75 Å². The van der Waals surface area contributed by atoms with Crippen LogP contribution in [-0.2, 0) is 0 Å². The summed E-state index contributed by atoms with van der Waals surface area (Å²) in [4.78, 5) is 11.1. The molecule has 0 bridgehead atoms. The first-order valence-corrected chi connectivity index (χ1v) is 8.03. The Morgan fingerprint density at radius 3 is 1.38 bits per heavy atom. The van der Waals surface area contributed by atoms with Gasteiger partial charge in [0.1, 0.15) is 0 Å². The average molecular weight is 542 g/mol. The molecule has 0 fully saturated rings. The summed E-state index contributed by atoms with van der Waals surface area (Å²) in [5, 5.41) is 8.68. The first-order chi connectivity index (χ1) is 15.2. The molecule has 0 heterocycles. The molecule has 2 aromatic rings. The second kappa shape index (κ2) is 8.35. The topological polar surface area (TPSA) is 49.4 Å². The van der Waals surface area contributed by atoms with E-state index in [0.29, 0.717) is 0 Å². The molecule has 18 heteroatoms. The van der Waals surface area contributed by atoms with Crippen LogP contribution in [0.15, 0.2) is 0 Å². The SMILES string of the molecule is O=C([O-])c1c(F)c(F)c(OC(F)(C(F)(F)F)C(F)(F)F)c(Cl)c1-c1c(F)c(F)c(F)c(F)c1F. The third-order valence-electron chi connectivity index (χ3n) is 3.92. The van der Waals surface area contributed by atoms with E-state index in [4.69, 9.17) is 11.6 Å². The molecule has 3 nitrogen and oxygen atoms in total. The summed E-state index contributed by atoms with van der Waals surface area (Å²) in [6.07, 6.45) is -14.2. The predicted octanol–water partition coefficient (Wildman–Crippen LogP) is 5.51. The van der Waals surface area contributed by atoms with Crippen molar-refractivity contribution in [3.05, 3.63) is 51.3 Å². The lowest BCUT2D eigenvalue weighted by molar-refractivity contribution is -0.406. The number of hydrogen-bond donors (Lipinski definition) is 0. The number of benzene rings is 2. The van der Waals surface area contributed by atoms with Crippen molar-refractivity contribution in [1.82, 2.24) is 0 Å². The van der Waals surface area contributed by atoms with E-state index in [2.05, 4.69) is 4.74 Å². The Hall–Kier alpha value is -2.98. The van der Waals surface area contributed by atoms with Crippen LogP contribution in [0.3, 0.4) is 0 Å². The van der Waals surface area contributed by atoms with Crippen molar-refractivity contribution in [1.29, 1.82) is 0 Å². The molecule has 2 rings (SSSR count). The van der Waals surface area contributed by atoms with Gasteiger partial charge in [-0.15, -0.1) is 0 Å². The quantitative estimate of drug-likeness (QED) is 0.291. The van der Waals surface area contributed by atoms with Crippen molar-refractivity contribution >= 4 is 17.6 Å². The Morgan fingerprint density at radius 2 is 1.03 bits per heavy atom. The van der Waals surface area contributed by atoms with Crippen molar-refractivity contribution in [2.75, 3.05) is 0 Å². The molecule has 0 saturated carbocycles. The van der Waals surface area contributed by atoms with Crippen LogP contribution in [0.1, 0.15) is 10.4 Å². The number of carbonyl (C=O) groups is 1. The van der Waals surface area contributed by atoms with Crippen LogP contribution in [-0.4, -0.2) is 24.2 Å². The van der Waals surface area contributed by atoms with Gasteiger partial charge in [0.2, 0.25) is 11.6 Å². The zero-order valence-corrected chi connectivity index (χ0v) is 15.7. The van der Waals surface area contributed by atoms with Crippen LogP contribution < -0.4 is 9.84 Å². The van der Waals surface area contributed by atoms with Crippen molar-refractivity contribution in [2.45, 2.75) is 18.2 Å². The van der Waals surface area contributed by atoms with Gasteiger partial charge < -0.3 is 14.6 Å². The van der Waals surface area contributed by atoms with Crippen LogP contribution in [0, 0.1) is 40.7 Å². The van der Waals surface area contributed by atoms with Crippen molar-refractivity contribution < 1.29 is 76.1 Å². The number of carbonyl (C=O) groups excluding carboxylic acids is 1. The van der Waals surface area contributed by atoms with Gasteiger partial charge in [0.25, 0.3) is 0 Å². The Bertz CT molecular complexity index is 1140. The Kier molecular flexibility index (Phi) is 6.70. The molecule has 0 aromatic heterocycles. The van der Waals surface area contributed by atoms with Crippen LogP contribution in [0.4, 0.5) is 61.5 Å². The van der Waals surface area contributed by atoms with Gasteiger partial charge in [-0.1, -0.05) is 11.6 Å². The zero-order chi connectivity index (χ0) is 26.7. The van der Waals surface area contributed by atoms with Gasteiger partial charge in [-0.3, -0.25) is 0 Å². The number of hydrogen-bond acceptors (Lipinski definition) is 3. The smallest absolute Gasteiger partial charge is 0.470 e. The number of carboxylic acid groups (broad SMARTS) is 1. The second-order valence-corrected chi connectivity index (χ2v) is 6.32. The van der Waals surface area contributed by atoms with Gasteiger partial charge >= 0.3 is 18.2 Å². The standard InChI is InChI=1S/C16HClF14O3/c17-4-1(2-5(18)8(21)10(23)9(22)6(2)19)3(13(32)33)7(20)11(24)12(4)34-14(25,15(26,27)28)16(29,30)31/h(H,32,33)/p-1. The maximum absolute atomic E-state index is 14.2. The van der Waals surface area contributed by atoms with Crippen LogP contribution in [0.2, 0.25) is 5.02 Å². The lowest BCUT2D eigenvalue weighted by Crippen LogP contribution is -2.57. The molecule has 0 radical (unpaired) electrons.